The van der Waals surface area contributed by atoms with Gasteiger partial charge < -0.3 is 10.4 Å². The number of hydrogen-bond acceptors (Lipinski definition) is 3. The molecule has 1 aromatic carbocycles. The second kappa shape index (κ2) is 6.06. The largest absolute Gasteiger partial charge is 0.481 e. The van der Waals surface area contributed by atoms with E-state index < -0.39 is 23.2 Å². The van der Waals surface area contributed by atoms with Crippen molar-refractivity contribution in [1.29, 1.82) is 5.26 Å². The first-order chi connectivity index (χ1) is 9.16. The highest BCUT2D eigenvalue weighted by Crippen LogP contribution is 2.28. The Hall–Kier alpha value is -1.87. The third-order valence-corrected chi connectivity index (χ3v) is 3.23. The fourth-order valence-corrected chi connectivity index (χ4v) is 2.16. The summed E-state index contributed by atoms with van der Waals surface area (Å²) < 4.78 is 0.689. The Labute approximate surface area is 125 Å². The Morgan fingerprint density at radius 2 is 2.00 bits per heavy atom. The molecule has 1 atom stereocenters. The van der Waals surface area contributed by atoms with Gasteiger partial charge in [-0.1, -0.05) is 36.7 Å². The first-order valence-corrected chi connectivity index (χ1v) is 6.69. The monoisotopic (exact) mass is 338 g/mol. The molecular weight excluding hydrogens is 324 g/mol. The van der Waals surface area contributed by atoms with Crippen LogP contribution in [0, 0.1) is 22.7 Å². The predicted molar refractivity (Wildman–Crippen MR) is 78.1 cm³/mol. The number of hydrogen-bond donors (Lipinski definition) is 2. The van der Waals surface area contributed by atoms with E-state index in [-0.39, 0.29) is 5.56 Å². The molecule has 2 N–H and O–H groups in total. The minimum Gasteiger partial charge on any atom is -0.481 e. The van der Waals surface area contributed by atoms with Crippen molar-refractivity contribution in [3.05, 3.63) is 28.2 Å². The molecule has 0 saturated carbocycles. The molecule has 5 nitrogen and oxygen atoms in total. The Kier molecular flexibility index (Phi) is 4.90. The number of nitrogens with zero attached hydrogens (tertiary/aromatic N) is 1. The number of nitrogens with one attached hydrogen (secondary N) is 1. The lowest BCUT2D eigenvalue weighted by molar-refractivity contribution is -0.149. The number of carbonyl (C=O) groups is 2. The number of halogens is 1. The van der Waals surface area contributed by atoms with Gasteiger partial charge in [0.2, 0.25) is 5.91 Å². The molecule has 0 radical (unpaired) electrons. The van der Waals surface area contributed by atoms with Crippen molar-refractivity contribution in [2.45, 2.75) is 20.8 Å². The van der Waals surface area contributed by atoms with Crippen LogP contribution in [0.2, 0.25) is 0 Å². The lowest BCUT2D eigenvalue weighted by atomic mass is 9.80. The summed E-state index contributed by atoms with van der Waals surface area (Å²) in [5, 5.41) is 20.7. The second-order valence-corrected chi connectivity index (χ2v) is 6.34. The number of aliphatic carboxylic acids is 1. The highest BCUT2D eigenvalue weighted by Gasteiger charge is 2.37. The van der Waals surface area contributed by atoms with Crippen LogP contribution < -0.4 is 5.32 Å². The molecule has 0 aliphatic carbocycles. The Balaban J connectivity index is 3.10. The first-order valence-electron chi connectivity index (χ1n) is 5.90. The van der Waals surface area contributed by atoms with Gasteiger partial charge in [-0.2, -0.15) is 5.26 Å². The third-order valence-electron chi connectivity index (χ3n) is 2.74. The van der Waals surface area contributed by atoms with Crippen LogP contribution in [0.15, 0.2) is 22.7 Å². The number of nitriles is 1. The van der Waals surface area contributed by atoms with E-state index in [4.69, 9.17) is 5.26 Å². The van der Waals surface area contributed by atoms with Crippen molar-refractivity contribution < 1.29 is 14.7 Å². The van der Waals surface area contributed by atoms with Gasteiger partial charge in [-0.3, -0.25) is 9.59 Å². The van der Waals surface area contributed by atoms with Crippen molar-refractivity contribution in [2.24, 2.45) is 11.3 Å². The average Bonchev–Trinajstić information content (AvgIpc) is 2.26. The minimum absolute atomic E-state index is 0.277. The van der Waals surface area contributed by atoms with Gasteiger partial charge in [0.15, 0.2) is 0 Å². The predicted octanol–water partition coefficient (Wildman–Crippen LogP) is 3.01. The number of amides is 1. The summed E-state index contributed by atoms with van der Waals surface area (Å²) in [6, 6.07) is 6.74. The van der Waals surface area contributed by atoms with Crippen LogP contribution in [-0.4, -0.2) is 17.0 Å². The summed E-state index contributed by atoms with van der Waals surface area (Å²) in [7, 11) is 0. The van der Waals surface area contributed by atoms with E-state index in [0.717, 1.165) is 0 Å². The van der Waals surface area contributed by atoms with Gasteiger partial charge >= 0.3 is 5.97 Å². The van der Waals surface area contributed by atoms with Gasteiger partial charge in [-0.15, -0.1) is 0 Å². The molecule has 6 heteroatoms. The minimum atomic E-state index is -1.20. The fraction of sp³-hybridized carbons (Fsp3) is 0.357. The summed E-state index contributed by atoms with van der Waals surface area (Å²) in [6.07, 6.45) is 0. The van der Waals surface area contributed by atoms with E-state index in [0.29, 0.717) is 10.2 Å². The van der Waals surface area contributed by atoms with Crippen LogP contribution in [0.4, 0.5) is 5.69 Å². The van der Waals surface area contributed by atoms with Crippen LogP contribution in [-0.2, 0) is 9.59 Å². The number of carboxylic acids is 1. The summed E-state index contributed by atoms with van der Waals surface area (Å²) in [5.74, 6) is -3.03. The van der Waals surface area contributed by atoms with Gasteiger partial charge in [0.25, 0.3) is 0 Å². The molecule has 1 amide bonds. The summed E-state index contributed by atoms with van der Waals surface area (Å²) in [6.45, 7) is 5.03. The fourth-order valence-electron chi connectivity index (χ4n) is 1.80. The molecule has 106 valence electrons. The highest BCUT2D eigenvalue weighted by molar-refractivity contribution is 9.10. The highest BCUT2D eigenvalue weighted by atomic mass is 79.9. The zero-order valence-electron chi connectivity index (χ0n) is 11.4. The molecule has 1 rings (SSSR count). The molecule has 0 spiro atoms. The zero-order chi connectivity index (χ0) is 15.5. The smallest absolute Gasteiger partial charge is 0.316 e. The number of carbonyl (C=O) groups excluding carboxylic acids is 1. The molecule has 0 aliphatic rings. The van der Waals surface area contributed by atoms with Crippen molar-refractivity contribution in [1.82, 2.24) is 0 Å². The van der Waals surface area contributed by atoms with E-state index in [2.05, 4.69) is 21.2 Å². The Bertz CT molecular complexity index is 585. The van der Waals surface area contributed by atoms with E-state index >= 15 is 0 Å². The normalized spacial score (nSPS) is 12.3. The quantitative estimate of drug-likeness (QED) is 0.829. The van der Waals surface area contributed by atoms with E-state index in [1.807, 2.05) is 6.07 Å². The van der Waals surface area contributed by atoms with Gasteiger partial charge in [-0.05, 0) is 23.6 Å². The SMILES string of the molecule is CC(C)(C)C(C(=O)O)C(=O)Nc1cc(Br)ccc1C#N. The van der Waals surface area contributed by atoms with Gasteiger partial charge in [0.05, 0.1) is 11.3 Å². The number of rotatable bonds is 3. The first kappa shape index (κ1) is 16.2. The van der Waals surface area contributed by atoms with Crippen LogP contribution in [0.25, 0.3) is 0 Å². The standard InChI is InChI=1S/C14H15BrN2O3/c1-14(2,3)11(13(19)20)12(18)17-10-6-9(15)5-4-8(10)7-16/h4-6,11H,1-3H3,(H,17,18)(H,19,20). The van der Waals surface area contributed by atoms with Crippen molar-refractivity contribution >= 4 is 33.5 Å². The van der Waals surface area contributed by atoms with Gasteiger partial charge in [-0.25, -0.2) is 0 Å². The van der Waals surface area contributed by atoms with E-state index in [1.54, 1.807) is 39.0 Å². The summed E-state index contributed by atoms with van der Waals surface area (Å²) in [4.78, 5) is 23.4. The maximum atomic E-state index is 12.2. The maximum absolute atomic E-state index is 12.2. The molecule has 0 fully saturated rings. The van der Waals surface area contributed by atoms with Crippen LogP contribution in [0.3, 0.4) is 0 Å². The van der Waals surface area contributed by atoms with Crippen molar-refractivity contribution in [3.63, 3.8) is 0 Å². The molecule has 1 aromatic rings. The number of benzene rings is 1. The maximum Gasteiger partial charge on any atom is 0.316 e. The molecule has 20 heavy (non-hydrogen) atoms. The number of anilines is 1. The van der Waals surface area contributed by atoms with Crippen LogP contribution in [0.5, 0.6) is 0 Å². The van der Waals surface area contributed by atoms with E-state index in [9.17, 15) is 14.7 Å². The van der Waals surface area contributed by atoms with Gasteiger partial charge in [0, 0.05) is 4.47 Å². The second-order valence-electron chi connectivity index (χ2n) is 5.43. The topological polar surface area (TPSA) is 90.2 Å². The summed E-state index contributed by atoms with van der Waals surface area (Å²) in [5.41, 5.74) is -0.156. The van der Waals surface area contributed by atoms with Crippen molar-refractivity contribution in [2.75, 3.05) is 5.32 Å². The molecule has 0 aliphatic heterocycles. The van der Waals surface area contributed by atoms with Crippen LogP contribution >= 0.6 is 15.9 Å². The zero-order valence-corrected chi connectivity index (χ0v) is 13.0. The van der Waals surface area contributed by atoms with Crippen LogP contribution in [0.1, 0.15) is 26.3 Å². The van der Waals surface area contributed by atoms with E-state index in [1.165, 1.54) is 0 Å². The average molecular weight is 339 g/mol. The molecule has 0 aromatic heterocycles. The summed E-state index contributed by atoms with van der Waals surface area (Å²) >= 11 is 3.24. The molecular formula is C14H15BrN2O3. The molecule has 1 unspecified atom stereocenters. The molecule has 0 saturated heterocycles. The lowest BCUT2D eigenvalue weighted by Crippen LogP contribution is -2.39. The lowest BCUT2D eigenvalue weighted by Gasteiger charge is -2.26. The van der Waals surface area contributed by atoms with Crippen molar-refractivity contribution in [3.8, 4) is 6.07 Å². The molecule has 0 bridgehead atoms. The van der Waals surface area contributed by atoms with Gasteiger partial charge in [0.1, 0.15) is 12.0 Å². The number of carboxylic acid groups (broad SMARTS) is 1. The third kappa shape index (κ3) is 3.81. The Morgan fingerprint density at radius 1 is 1.40 bits per heavy atom. The Morgan fingerprint density at radius 3 is 2.45 bits per heavy atom. The molecule has 0 heterocycles.